The number of aromatic nitrogens is 2. The third-order valence-electron chi connectivity index (χ3n) is 3.76. The summed E-state index contributed by atoms with van der Waals surface area (Å²) in [6.45, 7) is 1.90. The molecule has 1 fully saturated rings. The smallest absolute Gasteiger partial charge is 0.360 e. The lowest BCUT2D eigenvalue weighted by molar-refractivity contribution is 0.0514. The minimum atomic E-state index is -0.638. The van der Waals surface area contributed by atoms with Crippen LogP contribution in [0.3, 0.4) is 0 Å². The van der Waals surface area contributed by atoms with E-state index in [1.54, 1.807) is 6.92 Å². The lowest BCUT2D eigenvalue weighted by atomic mass is 10.2. The molecular formula is C15H18N4O4S. The number of carbonyl (C=O) groups is 2. The summed E-state index contributed by atoms with van der Waals surface area (Å²) in [5, 5.41) is 7.48. The highest BCUT2D eigenvalue weighted by Gasteiger charge is 2.25. The summed E-state index contributed by atoms with van der Waals surface area (Å²) >= 11 is 1.18. The van der Waals surface area contributed by atoms with Gasteiger partial charge in [0.15, 0.2) is 10.8 Å². The van der Waals surface area contributed by atoms with E-state index in [2.05, 4.69) is 15.5 Å². The summed E-state index contributed by atoms with van der Waals surface area (Å²) in [6, 6.07) is 1.63. The Morgan fingerprint density at radius 2 is 2.21 bits per heavy atom. The number of anilines is 2. The predicted octanol–water partition coefficient (Wildman–Crippen LogP) is 2.48. The van der Waals surface area contributed by atoms with Gasteiger partial charge in [0.1, 0.15) is 10.7 Å². The second kappa shape index (κ2) is 7.00. The van der Waals surface area contributed by atoms with Crippen LogP contribution >= 0.6 is 11.3 Å². The zero-order valence-corrected chi connectivity index (χ0v) is 14.0. The Morgan fingerprint density at radius 3 is 2.92 bits per heavy atom. The van der Waals surface area contributed by atoms with Gasteiger partial charge in [0.2, 0.25) is 11.5 Å². The Balaban J connectivity index is 1.75. The molecule has 9 heteroatoms. The molecule has 1 saturated carbocycles. The molecule has 0 radical (unpaired) electrons. The topological polar surface area (TPSA) is 120 Å². The fourth-order valence-electron chi connectivity index (χ4n) is 2.60. The maximum absolute atomic E-state index is 12.5. The highest BCUT2D eigenvalue weighted by Crippen LogP contribution is 2.30. The Bertz CT molecular complexity index is 748. The standard InChI is InChI=1S/C15H18N4O4S/c1-2-22-14(21)9-7-10(23-19-9)11(20)12-13(16)18-15(24-12)17-8-5-3-4-6-8/h7-8H,2-6,16H2,1H3,(H,17,18). The van der Waals surface area contributed by atoms with Crippen molar-refractivity contribution in [3.63, 3.8) is 0 Å². The maximum atomic E-state index is 12.5. The second-order valence-electron chi connectivity index (χ2n) is 5.49. The summed E-state index contributed by atoms with van der Waals surface area (Å²) in [4.78, 5) is 28.5. The Kier molecular flexibility index (Phi) is 4.79. The molecule has 24 heavy (non-hydrogen) atoms. The number of ether oxygens (including phenoxy) is 1. The van der Waals surface area contributed by atoms with Crippen LogP contribution in [0.25, 0.3) is 0 Å². The molecule has 0 spiro atoms. The molecule has 0 aromatic carbocycles. The molecule has 0 amide bonds. The average Bonchev–Trinajstić information content (AvgIpc) is 3.28. The number of nitrogens with zero attached hydrogens (tertiary/aromatic N) is 2. The van der Waals surface area contributed by atoms with Crippen LogP contribution in [0.2, 0.25) is 0 Å². The molecular weight excluding hydrogens is 332 g/mol. The van der Waals surface area contributed by atoms with Crippen LogP contribution in [0.5, 0.6) is 0 Å². The zero-order chi connectivity index (χ0) is 17.1. The number of esters is 1. The second-order valence-corrected chi connectivity index (χ2v) is 6.48. The molecule has 128 valence electrons. The minimum absolute atomic E-state index is 0.0485. The van der Waals surface area contributed by atoms with Crippen molar-refractivity contribution in [3.8, 4) is 0 Å². The number of ketones is 1. The molecule has 8 nitrogen and oxygen atoms in total. The van der Waals surface area contributed by atoms with Crippen molar-refractivity contribution in [3.05, 3.63) is 22.4 Å². The van der Waals surface area contributed by atoms with Crippen LogP contribution in [0, 0.1) is 0 Å². The van der Waals surface area contributed by atoms with Crippen LogP contribution in [-0.4, -0.2) is 34.5 Å². The lowest BCUT2D eigenvalue weighted by Gasteiger charge is -2.09. The third-order valence-corrected chi connectivity index (χ3v) is 4.76. The number of nitrogen functional groups attached to an aromatic ring is 1. The Morgan fingerprint density at radius 1 is 1.46 bits per heavy atom. The average molecular weight is 350 g/mol. The number of carbonyl (C=O) groups excluding carboxylic acids is 2. The number of thiazole rings is 1. The quantitative estimate of drug-likeness (QED) is 0.602. The van der Waals surface area contributed by atoms with E-state index in [-0.39, 0.29) is 28.8 Å². The van der Waals surface area contributed by atoms with Gasteiger partial charge in [-0.15, -0.1) is 0 Å². The van der Waals surface area contributed by atoms with E-state index in [1.807, 2.05) is 0 Å². The van der Waals surface area contributed by atoms with Crippen LogP contribution in [0.1, 0.15) is 58.5 Å². The highest BCUT2D eigenvalue weighted by molar-refractivity contribution is 7.18. The van der Waals surface area contributed by atoms with E-state index in [1.165, 1.54) is 30.2 Å². The van der Waals surface area contributed by atoms with Gasteiger partial charge in [0.25, 0.3) is 0 Å². The molecule has 0 saturated heterocycles. The van der Waals surface area contributed by atoms with Gasteiger partial charge in [-0.2, -0.15) is 0 Å². The van der Waals surface area contributed by atoms with E-state index >= 15 is 0 Å². The number of rotatable bonds is 6. The van der Waals surface area contributed by atoms with Crippen LogP contribution in [0.15, 0.2) is 10.6 Å². The van der Waals surface area contributed by atoms with Crippen molar-refractivity contribution in [2.24, 2.45) is 0 Å². The Labute approximate surface area is 142 Å². The van der Waals surface area contributed by atoms with E-state index in [9.17, 15) is 9.59 Å². The molecule has 2 aromatic heterocycles. The van der Waals surface area contributed by atoms with Crippen molar-refractivity contribution in [1.82, 2.24) is 10.1 Å². The summed E-state index contributed by atoms with van der Waals surface area (Å²) in [7, 11) is 0. The first-order valence-electron chi connectivity index (χ1n) is 7.80. The molecule has 2 aromatic rings. The molecule has 3 N–H and O–H groups in total. The number of nitrogens with two attached hydrogens (primary N) is 1. The Hall–Kier alpha value is -2.42. The predicted molar refractivity (Wildman–Crippen MR) is 88.3 cm³/mol. The first-order valence-corrected chi connectivity index (χ1v) is 8.61. The van der Waals surface area contributed by atoms with Crippen molar-refractivity contribution in [2.45, 2.75) is 38.6 Å². The van der Waals surface area contributed by atoms with Gasteiger partial charge in [-0.1, -0.05) is 29.3 Å². The van der Waals surface area contributed by atoms with E-state index in [4.69, 9.17) is 15.0 Å². The molecule has 1 aliphatic rings. The summed E-state index contributed by atoms with van der Waals surface area (Å²) in [6.07, 6.45) is 4.57. The van der Waals surface area contributed by atoms with E-state index in [0.29, 0.717) is 11.2 Å². The molecule has 0 bridgehead atoms. The van der Waals surface area contributed by atoms with Gasteiger partial charge in [0.05, 0.1) is 6.61 Å². The molecule has 1 aliphatic carbocycles. The molecule has 3 rings (SSSR count). The lowest BCUT2D eigenvalue weighted by Crippen LogP contribution is -2.14. The van der Waals surface area contributed by atoms with Gasteiger partial charge in [0, 0.05) is 12.1 Å². The third kappa shape index (κ3) is 3.40. The first kappa shape index (κ1) is 16.4. The summed E-state index contributed by atoms with van der Waals surface area (Å²) in [5.41, 5.74) is 5.80. The SMILES string of the molecule is CCOC(=O)c1cc(C(=O)c2sc(NC3CCCC3)nc2N)on1. The van der Waals surface area contributed by atoms with Gasteiger partial charge in [-0.3, -0.25) is 4.79 Å². The summed E-state index contributed by atoms with van der Waals surface area (Å²) in [5.74, 6) is -1.02. The number of hydrogen-bond acceptors (Lipinski definition) is 9. The van der Waals surface area contributed by atoms with E-state index < -0.39 is 11.8 Å². The first-order chi connectivity index (χ1) is 11.6. The zero-order valence-electron chi connectivity index (χ0n) is 13.2. The molecule has 0 atom stereocenters. The monoisotopic (exact) mass is 350 g/mol. The number of nitrogens with one attached hydrogen (secondary N) is 1. The van der Waals surface area contributed by atoms with Crippen molar-refractivity contribution < 1.29 is 18.8 Å². The summed E-state index contributed by atoms with van der Waals surface area (Å²) < 4.78 is 9.76. The van der Waals surface area contributed by atoms with Crippen LogP contribution in [-0.2, 0) is 4.74 Å². The van der Waals surface area contributed by atoms with Crippen molar-refractivity contribution >= 4 is 34.0 Å². The van der Waals surface area contributed by atoms with Crippen molar-refractivity contribution in [1.29, 1.82) is 0 Å². The van der Waals surface area contributed by atoms with Gasteiger partial charge < -0.3 is 20.3 Å². The van der Waals surface area contributed by atoms with Crippen LogP contribution < -0.4 is 11.1 Å². The molecule has 0 unspecified atom stereocenters. The normalized spacial score (nSPS) is 14.7. The van der Waals surface area contributed by atoms with Gasteiger partial charge >= 0.3 is 5.97 Å². The fourth-order valence-corrected chi connectivity index (χ4v) is 3.50. The highest BCUT2D eigenvalue weighted by atomic mass is 32.1. The maximum Gasteiger partial charge on any atom is 0.360 e. The molecule has 2 heterocycles. The van der Waals surface area contributed by atoms with Gasteiger partial charge in [-0.25, -0.2) is 9.78 Å². The minimum Gasteiger partial charge on any atom is -0.461 e. The number of hydrogen-bond donors (Lipinski definition) is 2. The molecule has 0 aliphatic heterocycles. The van der Waals surface area contributed by atoms with E-state index in [0.717, 1.165) is 12.8 Å². The van der Waals surface area contributed by atoms with Crippen LogP contribution in [0.4, 0.5) is 10.9 Å². The largest absolute Gasteiger partial charge is 0.461 e. The van der Waals surface area contributed by atoms with Crippen molar-refractivity contribution in [2.75, 3.05) is 17.7 Å². The fraction of sp³-hybridized carbons (Fsp3) is 0.467. The van der Waals surface area contributed by atoms with Gasteiger partial charge in [-0.05, 0) is 19.8 Å².